The third kappa shape index (κ3) is 3.30. The molecule has 3 fully saturated rings. The van der Waals surface area contributed by atoms with E-state index in [4.69, 9.17) is 4.74 Å². The van der Waals surface area contributed by atoms with E-state index < -0.39 is 29.2 Å². The molecule has 5 aliphatic rings. The van der Waals surface area contributed by atoms with E-state index in [1.807, 2.05) is 13.8 Å². The van der Waals surface area contributed by atoms with E-state index in [1.165, 1.54) is 0 Å². The predicted octanol–water partition coefficient (Wildman–Crippen LogP) is 2.31. The summed E-state index contributed by atoms with van der Waals surface area (Å²) in [5.74, 6) is -0.252. The smallest absolute Gasteiger partial charge is 0.336 e. The Morgan fingerprint density at radius 1 is 1.14 bits per heavy atom. The first kappa shape index (κ1) is 25.1. The van der Waals surface area contributed by atoms with E-state index >= 15 is 0 Å². The highest BCUT2D eigenvalue weighted by atomic mass is 16.5. The Balaban J connectivity index is 1.44. The maximum absolute atomic E-state index is 13.2. The Labute approximate surface area is 207 Å². The molecule has 1 aliphatic heterocycles. The number of hydrogen-bond donors (Lipinski definition) is 4. The fraction of sp³-hybridized carbons (Fsp3) is 0.786. The van der Waals surface area contributed by atoms with Gasteiger partial charge in [0, 0.05) is 18.9 Å². The summed E-state index contributed by atoms with van der Waals surface area (Å²) in [6.45, 7) is 5.57. The largest absolute Gasteiger partial charge is 0.458 e. The Hall–Kier alpha value is -1.54. The number of hydrogen-bond acceptors (Lipinski definition) is 7. The van der Waals surface area contributed by atoms with Crippen LogP contribution in [-0.4, -0.2) is 63.2 Å². The van der Waals surface area contributed by atoms with Crippen molar-refractivity contribution in [3.63, 3.8) is 0 Å². The first-order valence-corrected chi connectivity index (χ1v) is 13.3. The highest BCUT2D eigenvalue weighted by Gasteiger charge is 2.69. The SMILES string of the molecule is CC1=C(CO)C(=O)O[C@@H]([C@H](CO)[C@H]2CC[C@H]3[C@@H]4C[C@@H](O)[C@@]5(O)CC=CC(=O)[C@]5(C)[C@H]4CC[C@]23C)C1. The highest BCUT2D eigenvalue weighted by molar-refractivity contribution is 5.97. The van der Waals surface area contributed by atoms with Gasteiger partial charge in [-0.3, -0.25) is 4.79 Å². The zero-order valence-corrected chi connectivity index (χ0v) is 21.1. The normalized spacial score (nSPS) is 48.2. The Morgan fingerprint density at radius 2 is 1.89 bits per heavy atom. The summed E-state index contributed by atoms with van der Waals surface area (Å²) in [5.41, 5.74) is -1.40. The second-order valence-corrected chi connectivity index (χ2v) is 12.4. The van der Waals surface area contributed by atoms with Crippen molar-refractivity contribution in [2.24, 2.45) is 40.4 Å². The molecule has 0 radical (unpaired) electrons. The molecule has 10 atom stereocenters. The van der Waals surface area contributed by atoms with E-state index in [1.54, 1.807) is 12.2 Å². The van der Waals surface area contributed by atoms with E-state index in [0.29, 0.717) is 24.8 Å². The maximum Gasteiger partial charge on any atom is 0.336 e. The first-order chi connectivity index (χ1) is 16.5. The van der Waals surface area contributed by atoms with Crippen molar-refractivity contribution in [2.45, 2.75) is 83.5 Å². The molecule has 35 heavy (non-hydrogen) atoms. The van der Waals surface area contributed by atoms with Gasteiger partial charge in [-0.15, -0.1) is 0 Å². The number of esters is 1. The number of fused-ring (bicyclic) bond motifs is 5. The Bertz CT molecular complexity index is 970. The number of cyclic esters (lactones) is 1. The average molecular weight is 489 g/mol. The molecule has 4 aliphatic carbocycles. The number of ketones is 1. The third-order valence-corrected chi connectivity index (χ3v) is 11.3. The molecule has 4 N–H and O–H groups in total. The second-order valence-electron chi connectivity index (χ2n) is 12.4. The van der Waals surface area contributed by atoms with Gasteiger partial charge in [-0.05, 0) is 87.5 Å². The minimum Gasteiger partial charge on any atom is -0.458 e. The topological polar surface area (TPSA) is 124 Å². The standard InChI is InChI=1S/C28H40O7/c1-15-11-22(35-25(33)17(15)13-29)18(14-30)20-7-6-19-16-12-24(32)28(34)9-4-5-23(31)27(28,3)21(16)8-10-26(19,20)2/h4-5,16,18-22,24,29-30,32,34H,6-14H2,1-3H3/t16-,18+,19-,20+,21-,22+,24+,26-,27-,28-/m0/s1. The number of aliphatic hydroxyl groups excluding tert-OH is 3. The molecule has 0 amide bonds. The van der Waals surface area contributed by atoms with Crippen molar-refractivity contribution in [1.82, 2.24) is 0 Å². The number of aliphatic hydroxyl groups is 4. The number of carbonyl (C=O) groups is 2. The zero-order chi connectivity index (χ0) is 25.3. The molecule has 3 saturated carbocycles. The molecule has 0 saturated heterocycles. The van der Waals surface area contributed by atoms with Gasteiger partial charge in [-0.1, -0.05) is 18.6 Å². The molecule has 1 heterocycles. The van der Waals surface area contributed by atoms with Crippen LogP contribution < -0.4 is 0 Å². The van der Waals surface area contributed by atoms with Crippen molar-refractivity contribution >= 4 is 11.8 Å². The van der Waals surface area contributed by atoms with E-state index in [9.17, 15) is 30.0 Å². The molecule has 0 aromatic rings. The molecule has 194 valence electrons. The predicted molar refractivity (Wildman–Crippen MR) is 128 cm³/mol. The number of rotatable bonds is 4. The number of ether oxygens (including phenoxy) is 1. The minimum atomic E-state index is -1.43. The lowest BCUT2D eigenvalue weighted by molar-refractivity contribution is -0.232. The highest BCUT2D eigenvalue weighted by Crippen LogP contribution is 2.68. The molecule has 0 aromatic carbocycles. The van der Waals surface area contributed by atoms with Gasteiger partial charge in [0.25, 0.3) is 0 Å². The van der Waals surface area contributed by atoms with Crippen LogP contribution in [0.5, 0.6) is 0 Å². The summed E-state index contributed by atoms with van der Waals surface area (Å²) in [4.78, 5) is 25.7. The maximum atomic E-state index is 13.2. The third-order valence-electron chi connectivity index (χ3n) is 11.3. The first-order valence-electron chi connectivity index (χ1n) is 13.3. The average Bonchev–Trinajstić information content (AvgIpc) is 3.15. The van der Waals surface area contributed by atoms with Gasteiger partial charge in [-0.2, -0.15) is 0 Å². The lowest BCUT2D eigenvalue weighted by Crippen LogP contribution is -2.69. The van der Waals surface area contributed by atoms with Gasteiger partial charge in [0.15, 0.2) is 5.78 Å². The fourth-order valence-corrected chi connectivity index (χ4v) is 9.25. The van der Waals surface area contributed by atoms with Crippen LogP contribution in [-0.2, 0) is 14.3 Å². The number of carbonyl (C=O) groups excluding carboxylic acids is 2. The quantitative estimate of drug-likeness (QED) is 0.448. The second kappa shape index (κ2) is 8.51. The van der Waals surface area contributed by atoms with E-state index in [0.717, 1.165) is 31.3 Å². The van der Waals surface area contributed by atoms with Crippen molar-refractivity contribution in [1.29, 1.82) is 0 Å². The zero-order valence-electron chi connectivity index (χ0n) is 21.1. The van der Waals surface area contributed by atoms with Crippen molar-refractivity contribution < 1.29 is 34.8 Å². The molecule has 0 aromatic heterocycles. The van der Waals surface area contributed by atoms with Crippen molar-refractivity contribution in [3.05, 3.63) is 23.3 Å². The van der Waals surface area contributed by atoms with Crippen LogP contribution in [0.15, 0.2) is 23.3 Å². The molecular weight excluding hydrogens is 448 g/mol. The van der Waals surface area contributed by atoms with Crippen LogP contribution in [0.1, 0.15) is 65.7 Å². The molecule has 0 spiro atoms. The van der Waals surface area contributed by atoms with Crippen LogP contribution in [0.3, 0.4) is 0 Å². The van der Waals surface area contributed by atoms with E-state index in [2.05, 4.69) is 6.92 Å². The molecule has 5 rings (SSSR count). The van der Waals surface area contributed by atoms with Crippen LogP contribution in [0.2, 0.25) is 0 Å². The summed E-state index contributed by atoms with van der Waals surface area (Å²) in [5, 5.41) is 42.7. The van der Waals surface area contributed by atoms with Crippen LogP contribution in [0, 0.1) is 40.4 Å². The van der Waals surface area contributed by atoms with Crippen molar-refractivity contribution in [3.8, 4) is 0 Å². The Morgan fingerprint density at radius 3 is 2.54 bits per heavy atom. The van der Waals surface area contributed by atoms with E-state index in [-0.39, 0.29) is 54.0 Å². The summed E-state index contributed by atoms with van der Waals surface area (Å²) in [6, 6.07) is 0. The van der Waals surface area contributed by atoms with Gasteiger partial charge in [0.1, 0.15) is 11.7 Å². The molecular formula is C28H40O7. The van der Waals surface area contributed by atoms with Gasteiger partial charge < -0.3 is 25.2 Å². The van der Waals surface area contributed by atoms with Gasteiger partial charge in [0.05, 0.1) is 23.7 Å². The Kier molecular flexibility index (Phi) is 6.11. The lowest BCUT2D eigenvalue weighted by atomic mass is 9.43. The molecule has 0 unspecified atom stereocenters. The molecule has 7 nitrogen and oxygen atoms in total. The van der Waals surface area contributed by atoms with Crippen LogP contribution in [0.25, 0.3) is 0 Å². The molecule has 0 bridgehead atoms. The van der Waals surface area contributed by atoms with Gasteiger partial charge in [0.2, 0.25) is 0 Å². The van der Waals surface area contributed by atoms with Crippen molar-refractivity contribution in [2.75, 3.05) is 13.2 Å². The van der Waals surface area contributed by atoms with Crippen LogP contribution in [0.4, 0.5) is 0 Å². The lowest BCUT2D eigenvalue weighted by Gasteiger charge is -2.63. The molecule has 7 heteroatoms. The summed E-state index contributed by atoms with van der Waals surface area (Å²) >= 11 is 0. The monoisotopic (exact) mass is 488 g/mol. The van der Waals surface area contributed by atoms with Gasteiger partial charge in [-0.25, -0.2) is 4.79 Å². The number of allylic oxidation sites excluding steroid dienone is 1. The summed E-state index contributed by atoms with van der Waals surface area (Å²) in [7, 11) is 0. The fourth-order valence-electron chi connectivity index (χ4n) is 9.25. The van der Waals surface area contributed by atoms with Gasteiger partial charge >= 0.3 is 5.97 Å². The minimum absolute atomic E-state index is 0.00236. The summed E-state index contributed by atoms with van der Waals surface area (Å²) in [6.07, 6.45) is 6.68. The van der Waals surface area contributed by atoms with Crippen LogP contribution >= 0.6 is 0 Å². The summed E-state index contributed by atoms with van der Waals surface area (Å²) < 4.78 is 5.75.